The SMILES string of the molecule is Nc1c(C(=O)c2ccc(Cl)cc2)sc2nc(-c3cccnc3)cc(-c3ccco3)c12. The van der Waals surface area contributed by atoms with E-state index in [1.807, 2.05) is 30.3 Å². The maximum atomic E-state index is 13.1. The number of pyridine rings is 2. The molecule has 5 aromatic rings. The lowest BCUT2D eigenvalue weighted by Crippen LogP contribution is -2.02. The highest BCUT2D eigenvalue weighted by molar-refractivity contribution is 7.21. The number of benzene rings is 1. The van der Waals surface area contributed by atoms with E-state index in [1.54, 1.807) is 42.9 Å². The van der Waals surface area contributed by atoms with Crippen LogP contribution in [-0.4, -0.2) is 15.8 Å². The molecule has 0 bridgehead atoms. The molecule has 2 N–H and O–H groups in total. The Balaban J connectivity index is 1.74. The second kappa shape index (κ2) is 7.40. The largest absolute Gasteiger partial charge is 0.464 e. The summed E-state index contributed by atoms with van der Waals surface area (Å²) in [5.74, 6) is 0.489. The number of fused-ring (bicyclic) bond motifs is 1. The molecular formula is C23H14ClN3O2S. The minimum absolute atomic E-state index is 0.166. The molecule has 4 heterocycles. The van der Waals surface area contributed by atoms with E-state index >= 15 is 0 Å². The van der Waals surface area contributed by atoms with Gasteiger partial charge in [-0.05, 0) is 54.6 Å². The van der Waals surface area contributed by atoms with Gasteiger partial charge in [0.2, 0.25) is 5.78 Å². The number of nitrogens with zero attached hydrogens (tertiary/aromatic N) is 2. The van der Waals surface area contributed by atoms with Gasteiger partial charge in [-0.2, -0.15) is 0 Å². The van der Waals surface area contributed by atoms with Gasteiger partial charge in [0.25, 0.3) is 0 Å². The first-order valence-corrected chi connectivity index (χ1v) is 10.3. The van der Waals surface area contributed by atoms with Crippen molar-refractivity contribution in [3.05, 3.63) is 88.7 Å². The molecule has 1 aromatic carbocycles. The Morgan fingerprint density at radius 1 is 1.10 bits per heavy atom. The van der Waals surface area contributed by atoms with Crippen LogP contribution in [0.1, 0.15) is 15.2 Å². The quantitative estimate of drug-likeness (QED) is 0.348. The molecule has 0 fully saturated rings. The average Bonchev–Trinajstić information content (AvgIpc) is 3.42. The van der Waals surface area contributed by atoms with Crippen LogP contribution in [0.4, 0.5) is 5.69 Å². The van der Waals surface area contributed by atoms with Gasteiger partial charge in [-0.3, -0.25) is 9.78 Å². The molecule has 0 saturated carbocycles. The van der Waals surface area contributed by atoms with Crippen molar-refractivity contribution in [3.63, 3.8) is 0 Å². The second-order valence-electron chi connectivity index (χ2n) is 6.64. The molecule has 0 spiro atoms. The van der Waals surface area contributed by atoms with Gasteiger partial charge < -0.3 is 10.2 Å². The number of furan rings is 1. The van der Waals surface area contributed by atoms with E-state index in [4.69, 9.17) is 26.7 Å². The third kappa shape index (κ3) is 3.16. The summed E-state index contributed by atoms with van der Waals surface area (Å²) in [6.07, 6.45) is 5.06. The van der Waals surface area contributed by atoms with Gasteiger partial charge >= 0.3 is 0 Å². The predicted octanol–water partition coefficient (Wildman–Crippen LogP) is 6.08. The molecule has 4 aromatic heterocycles. The van der Waals surface area contributed by atoms with E-state index in [9.17, 15) is 4.79 Å². The number of hydrogen-bond acceptors (Lipinski definition) is 6. The molecule has 0 saturated heterocycles. The monoisotopic (exact) mass is 431 g/mol. The number of carbonyl (C=O) groups is 1. The van der Waals surface area contributed by atoms with Gasteiger partial charge in [-0.1, -0.05) is 11.6 Å². The Kier molecular flexibility index (Phi) is 4.58. The average molecular weight is 432 g/mol. The van der Waals surface area contributed by atoms with Crippen molar-refractivity contribution in [3.8, 4) is 22.6 Å². The number of nitrogen functional groups attached to an aromatic ring is 1. The molecule has 5 rings (SSSR count). The number of aromatic nitrogens is 2. The molecule has 0 aliphatic carbocycles. The van der Waals surface area contributed by atoms with Crippen molar-refractivity contribution in [2.24, 2.45) is 0 Å². The molecule has 7 heteroatoms. The van der Waals surface area contributed by atoms with Gasteiger partial charge in [0, 0.05) is 39.5 Å². The third-order valence-corrected chi connectivity index (χ3v) is 6.11. The Morgan fingerprint density at radius 3 is 2.63 bits per heavy atom. The van der Waals surface area contributed by atoms with Crippen molar-refractivity contribution in [1.82, 2.24) is 9.97 Å². The van der Waals surface area contributed by atoms with E-state index in [-0.39, 0.29) is 5.78 Å². The fourth-order valence-electron chi connectivity index (χ4n) is 3.31. The number of rotatable bonds is 4. The summed E-state index contributed by atoms with van der Waals surface area (Å²) in [6, 6.07) is 16.1. The maximum absolute atomic E-state index is 13.1. The number of nitrogens with two attached hydrogens (primary N) is 1. The minimum Gasteiger partial charge on any atom is -0.464 e. The van der Waals surface area contributed by atoms with Crippen LogP contribution in [0.25, 0.3) is 32.8 Å². The van der Waals surface area contributed by atoms with Gasteiger partial charge in [-0.25, -0.2) is 4.98 Å². The van der Waals surface area contributed by atoms with Gasteiger partial charge in [0.05, 0.1) is 17.6 Å². The number of halogens is 1. The summed E-state index contributed by atoms with van der Waals surface area (Å²) in [4.78, 5) is 23.2. The summed E-state index contributed by atoms with van der Waals surface area (Å²) in [5.41, 5.74) is 9.77. The molecule has 0 atom stereocenters. The van der Waals surface area contributed by atoms with Crippen LogP contribution in [0, 0.1) is 0 Å². The fraction of sp³-hybridized carbons (Fsp3) is 0. The fourth-order valence-corrected chi connectivity index (χ4v) is 4.52. The third-order valence-electron chi connectivity index (χ3n) is 4.76. The zero-order valence-electron chi connectivity index (χ0n) is 15.5. The number of carbonyl (C=O) groups excluding carboxylic acids is 1. The second-order valence-corrected chi connectivity index (χ2v) is 8.07. The smallest absolute Gasteiger partial charge is 0.205 e. The summed E-state index contributed by atoms with van der Waals surface area (Å²) in [6.45, 7) is 0. The first-order valence-electron chi connectivity index (χ1n) is 9.09. The zero-order valence-corrected chi connectivity index (χ0v) is 17.1. The summed E-state index contributed by atoms with van der Waals surface area (Å²) < 4.78 is 5.65. The van der Waals surface area contributed by atoms with Crippen molar-refractivity contribution in [1.29, 1.82) is 0 Å². The Morgan fingerprint density at radius 2 is 1.93 bits per heavy atom. The maximum Gasteiger partial charge on any atom is 0.205 e. The van der Waals surface area contributed by atoms with Crippen molar-refractivity contribution in [2.45, 2.75) is 0 Å². The molecule has 146 valence electrons. The molecule has 5 nitrogen and oxygen atoms in total. The van der Waals surface area contributed by atoms with E-state index in [0.717, 1.165) is 16.8 Å². The molecule has 30 heavy (non-hydrogen) atoms. The van der Waals surface area contributed by atoms with Crippen LogP contribution in [0.5, 0.6) is 0 Å². The summed E-state index contributed by atoms with van der Waals surface area (Å²) >= 11 is 7.22. The van der Waals surface area contributed by atoms with Gasteiger partial charge in [0.1, 0.15) is 15.5 Å². The molecule has 0 radical (unpaired) electrons. The molecule has 0 amide bonds. The lowest BCUT2D eigenvalue weighted by Gasteiger charge is -2.06. The summed E-state index contributed by atoms with van der Waals surface area (Å²) in [7, 11) is 0. The normalized spacial score (nSPS) is 11.1. The highest BCUT2D eigenvalue weighted by atomic mass is 35.5. The highest BCUT2D eigenvalue weighted by Crippen LogP contribution is 2.42. The molecule has 0 unspecified atom stereocenters. The Labute approximate surface area is 180 Å². The van der Waals surface area contributed by atoms with Crippen molar-refractivity contribution >= 4 is 44.6 Å². The van der Waals surface area contributed by atoms with Crippen LogP contribution < -0.4 is 5.73 Å². The van der Waals surface area contributed by atoms with Crippen LogP contribution in [-0.2, 0) is 0 Å². The predicted molar refractivity (Wildman–Crippen MR) is 120 cm³/mol. The van der Waals surface area contributed by atoms with E-state index in [2.05, 4.69) is 4.98 Å². The van der Waals surface area contributed by atoms with Crippen LogP contribution in [0.3, 0.4) is 0 Å². The van der Waals surface area contributed by atoms with Gasteiger partial charge in [-0.15, -0.1) is 11.3 Å². The molecule has 0 aliphatic rings. The van der Waals surface area contributed by atoms with Crippen LogP contribution >= 0.6 is 22.9 Å². The van der Waals surface area contributed by atoms with Crippen molar-refractivity contribution in [2.75, 3.05) is 5.73 Å². The van der Waals surface area contributed by atoms with E-state index in [0.29, 0.717) is 37.1 Å². The summed E-state index contributed by atoms with van der Waals surface area (Å²) in [5, 5.41) is 1.28. The van der Waals surface area contributed by atoms with Gasteiger partial charge in [0.15, 0.2) is 0 Å². The van der Waals surface area contributed by atoms with E-state index < -0.39 is 0 Å². The van der Waals surface area contributed by atoms with Crippen LogP contribution in [0.15, 0.2) is 77.7 Å². The topological polar surface area (TPSA) is 82.0 Å². The van der Waals surface area contributed by atoms with E-state index in [1.165, 1.54) is 11.3 Å². The standard InChI is InChI=1S/C23H14ClN3O2S/c24-15-7-5-13(6-8-15)21(28)22-20(25)19-16(18-4-2-10-29-18)11-17(27-23(19)30-22)14-3-1-9-26-12-14/h1-12H,25H2. The first kappa shape index (κ1) is 18.5. The first-order chi connectivity index (χ1) is 14.6. The van der Waals surface area contributed by atoms with Crippen LogP contribution in [0.2, 0.25) is 5.02 Å². The minimum atomic E-state index is -0.166. The number of ketones is 1. The number of thiophene rings is 1. The number of anilines is 1. The number of hydrogen-bond donors (Lipinski definition) is 1. The Hall–Kier alpha value is -3.48. The zero-order chi connectivity index (χ0) is 20.7. The Bertz CT molecular complexity index is 1360. The molecular weight excluding hydrogens is 418 g/mol. The van der Waals surface area contributed by atoms with Crippen molar-refractivity contribution < 1.29 is 9.21 Å². The lowest BCUT2D eigenvalue weighted by molar-refractivity contribution is 0.104. The highest BCUT2D eigenvalue weighted by Gasteiger charge is 2.23. The molecule has 0 aliphatic heterocycles. The lowest BCUT2D eigenvalue weighted by atomic mass is 10.0.